The molecule has 26 heavy (non-hydrogen) atoms. The average Bonchev–Trinajstić information content (AvgIpc) is 2.65. The van der Waals surface area contributed by atoms with Gasteiger partial charge in [0.05, 0.1) is 11.8 Å². The molecule has 0 aliphatic heterocycles. The second-order valence-electron chi connectivity index (χ2n) is 7.35. The van der Waals surface area contributed by atoms with Gasteiger partial charge < -0.3 is 9.47 Å². The molecule has 2 aliphatic rings. The Bertz CT molecular complexity index is 719. The van der Waals surface area contributed by atoms with Crippen molar-refractivity contribution < 1.29 is 19.1 Å². The number of aryl methyl sites for hydroxylation is 1. The summed E-state index contributed by atoms with van der Waals surface area (Å²) in [5, 5.41) is 0. The molecule has 1 aromatic rings. The van der Waals surface area contributed by atoms with Gasteiger partial charge in [-0.2, -0.15) is 0 Å². The monoisotopic (exact) mass is 354 g/mol. The fourth-order valence-electron chi connectivity index (χ4n) is 3.39. The summed E-state index contributed by atoms with van der Waals surface area (Å²) >= 11 is 0. The summed E-state index contributed by atoms with van der Waals surface area (Å²) < 4.78 is 11.0. The number of hydrogen-bond donors (Lipinski definition) is 0. The average molecular weight is 354 g/mol. The lowest BCUT2D eigenvalue weighted by Gasteiger charge is -2.26. The van der Waals surface area contributed by atoms with Crippen molar-refractivity contribution >= 4 is 11.9 Å². The van der Waals surface area contributed by atoms with Crippen LogP contribution in [0.3, 0.4) is 0 Å². The van der Waals surface area contributed by atoms with E-state index in [-0.39, 0.29) is 23.8 Å². The number of rotatable bonds is 4. The summed E-state index contributed by atoms with van der Waals surface area (Å²) in [5.41, 5.74) is 2.43. The van der Waals surface area contributed by atoms with E-state index in [0.29, 0.717) is 31.4 Å². The first kappa shape index (κ1) is 18.4. The van der Waals surface area contributed by atoms with Gasteiger partial charge in [-0.05, 0) is 64.2 Å². The van der Waals surface area contributed by atoms with E-state index in [4.69, 9.17) is 9.47 Å². The van der Waals surface area contributed by atoms with Crippen molar-refractivity contribution in [3.63, 3.8) is 0 Å². The van der Waals surface area contributed by atoms with Gasteiger partial charge in [-0.3, -0.25) is 9.59 Å². The molecule has 4 nitrogen and oxygen atoms in total. The van der Waals surface area contributed by atoms with E-state index in [1.807, 2.05) is 43.3 Å². The first-order valence-electron chi connectivity index (χ1n) is 9.37. The molecule has 0 aromatic heterocycles. The Balaban J connectivity index is 1.46. The molecule has 3 rings (SSSR count). The van der Waals surface area contributed by atoms with Gasteiger partial charge in [0.2, 0.25) is 0 Å². The lowest BCUT2D eigenvalue weighted by Crippen LogP contribution is -2.29. The zero-order valence-corrected chi connectivity index (χ0v) is 15.5. The van der Waals surface area contributed by atoms with Crippen molar-refractivity contribution in [1.29, 1.82) is 0 Å². The fraction of sp³-hybridized carbons (Fsp3) is 0.455. The van der Waals surface area contributed by atoms with E-state index in [1.165, 1.54) is 5.57 Å². The largest absolute Gasteiger partial charge is 0.431 e. The summed E-state index contributed by atoms with van der Waals surface area (Å²) in [6.45, 7) is 4.07. The zero-order chi connectivity index (χ0) is 18.5. The molecule has 2 aliphatic carbocycles. The third-order valence-electron chi connectivity index (χ3n) is 5.18. The maximum atomic E-state index is 12.3. The van der Waals surface area contributed by atoms with Crippen LogP contribution in [0.15, 0.2) is 47.7 Å². The van der Waals surface area contributed by atoms with Crippen LogP contribution < -0.4 is 4.74 Å². The lowest BCUT2D eigenvalue weighted by atomic mass is 9.82. The van der Waals surface area contributed by atoms with Gasteiger partial charge in [0.25, 0.3) is 0 Å². The predicted octanol–water partition coefficient (Wildman–Crippen LogP) is 4.87. The van der Waals surface area contributed by atoms with Gasteiger partial charge in [0, 0.05) is 6.42 Å². The van der Waals surface area contributed by atoms with Crippen LogP contribution in [-0.4, -0.2) is 11.9 Å². The van der Waals surface area contributed by atoms with Crippen LogP contribution in [0.5, 0.6) is 5.75 Å². The van der Waals surface area contributed by atoms with Crippen molar-refractivity contribution in [2.45, 2.75) is 52.4 Å². The SMILES string of the molecule is CC1=CC=C(OC(=O)C2CCC(C(=O)Oc3ccc(C)cc3)CC2)CC1. The third-order valence-corrected chi connectivity index (χ3v) is 5.18. The standard InChI is InChI=1S/C22H26O4/c1-15-3-11-19(12-4-15)25-21(23)17-7-9-18(10-8-17)22(24)26-20-13-5-16(2)6-14-20/h3-5,11-13,17-18H,6-10,14H2,1-2H3. The second-order valence-corrected chi connectivity index (χ2v) is 7.35. The first-order valence-corrected chi connectivity index (χ1v) is 9.37. The lowest BCUT2D eigenvalue weighted by molar-refractivity contribution is -0.148. The van der Waals surface area contributed by atoms with Crippen molar-refractivity contribution in [3.8, 4) is 5.75 Å². The van der Waals surface area contributed by atoms with Gasteiger partial charge >= 0.3 is 11.9 Å². The van der Waals surface area contributed by atoms with Crippen LogP contribution in [0, 0.1) is 18.8 Å². The molecule has 0 heterocycles. The van der Waals surface area contributed by atoms with Crippen molar-refractivity contribution in [1.82, 2.24) is 0 Å². The van der Waals surface area contributed by atoms with Gasteiger partial charge in [-0.15, -0.1) is 0 Å². The quantitative estimate of drug-likeness (QED) is 0.571. The number of carbonyl (C=O) groups is 2. The Morgan fingerprint density at radius 2 is 1.38 bits per heavy atom. The highest BCUT2D eigenvalue weighted by molar-refractivity contribution is 5.77. The third kappa shape index (κ3) is 4.84. The van der Waals surface area contributed by atoms with Gasteiger partial charge in [-0.25, -0.2) is 0 Å². The molecule has 0 unspecified atom stereocenters. The van der Waals surface area contributed by atoms with Crippen LogP contribution in [0.2, 0.25) is 0 Å². The van der Waals surface area contributed by atoms with Gasteiger partial charge in [-0.1, -0.05) is 29.3 Å². The minimum Gasteiger partial charge on any atom is -0.431 e. The number of allylic oxidation sites excluding steroid dienone is 4. The van der Waals surface area contributed by atoms with E-state index in [1.54, 1.807) is 0 Å². The highest BCUT2D eigenvalue weighted by Gasteiger charge is 2.32. The molecule has 138 valence electrons. The molecule has 1 saturated carbocycles. The Morgan fingerprint density at radius 1 is 0.808 bits per heavy atom. The Morgan fingerprint density at radius 3 is 1.92 bits per heavy atom. The molecule has 0 atom stereocenters. The maximum Gasteiger partial charge on any atom is 0.314 e. The van der Waals surface area contributed by atoms with Gasteiger partial charge in [0.1, 0.15) is 11.5 Å². The Hall–Kier alpha value is -2.36. The first-order chi connectivity index (χ1) is 12.5. The van der Waals surface area contributed by atoms with Crippen molar-refractivity contribution in [3.05, 3.63) is 53.3 Å². The number of carbonyl (C=O) groups excluding carboxylic acids is 2. The van der Waals surface area contributed by atoms with Crippen LogP contribution in [-0.2, 0) is 14.3 Å². The molecule has 1 fully saturated rings. The van der Waals surface area contributed by atoms with E-state index in [9.17, 15) is 9.59 Å². The number of benzene rings is 1. The molecule has 0 saturated heterocycles. The van der Waals surface area contributed by atoms with E-state index < -0.39 is 0 Å². The number of ether oxygens (including phenoxy) is 2. The number of hydrogen-bond acceptors (Lipinski definition) is 4. The summed E-state index contributed by atoms with van der Waals surface area (Å²) in [4.78, 5) is 24.7. The normalized spacial score (nSPS) is 22.8. The highest BCUT2D eigenvalue weighted by Crippen LogP contribution is 2.32. The zero-order valence-electron chi connectivity index (χ0n) is 15.5. The van der Waals surface area contributed by atoms with Crippen molar-refractivity contribution in [2.75, 3.05) is 0 Å². The summed E-state index contributed by atoms with van der Waals surface area (Å²) in [7, 11) is 0. The highest BCUT2D eigenvalue weighted by atomic mass is 16.5. The topological polar surface area (TPSA) is 52.6 Å². The number of esters is 2. The molecule has 0 radical (unpaired) electrons. The smallest absolute Gasteiger partial charge is 0.314 e. The minimum absolute atomic E-state index is 0.119. The summed E-state index contributed by atoms with van der Waals surface area (Å²) in [6, 6.07) is 7.47. The molecule has 0 spiro atoms. The van der Waals surface area contributed by atoms with Crippen LogP contribution in [0.1, 0.15) is 51.0 Å². The molecular formula is C22H26O4. The maximum absolute atomic E-state index is 12.3. The predicted molar refractivity (Wildman–Crippen MR) is 99.4 cm³/mol. The van der Waals surface area contributed by atoms with E-state index >= 15 is 0 Å². The van der Waals surface area contributed by atoms with Gasteiger partial charge in [0.15, 0.2) is 0 Å². The Kier molecular flexibility index (Phi) is 5.92. The van der Waals surface area contributed by atoms with Crippen LogP contribution in [0.4, 0.5) is 0 Å². The molecule has 0 N–H and O–H groups in total. The minimum atomic E-state index is -0.198. The molecule has 4 heteroatoms. The molecule has 0 bridgehead atoms. The molecule has 1 aromatic carbocycles. The summed E-state index contributed by atoms with van der Waals surface area (Å²) in [6.07, 6.45) is 8.31. The van der Waals surface area contributed by atoms with E-state index in [2.05, 4.69) is 6.92 Å². The second kappa shape index (κ2) is 8.35. The molecule has 0 amide bonds. The van der Waals surface area contributed by atoms with E-state index in [0.717, 1.165) is 24.2 Å². The fourth-order valence-corrected chi connectivity index (χ4v) is 3.39. The summed E-state index contributed by atoms with van der Waals surface area (Å²) in [5.74, 6) is 0.716. The Labute approximate surface area is 154 Å². The van der Waals surface area contributed by atoms with Crippen LogP contribution >= 0.6 is 0 Å². The van der Waals surface area contributed by atoms with Crippen molar-refractivity contribution in [2.24, 2.45) is 11.8 Å². The van der Waals surface area contributed by atoms with Crippen LogP contribution in [0.25, 0.3) is 0 Å². The molecular weight excluding hydrogens is 328 g/mol.